The summed E-state index contributed by atoms with van der Waals surface area (Å²) in [7, 11) is 0. The summed E-state index contributed by atoms with van der Waals surface area (Å²) in [5.41, 5.74) is 0.106. The Bertz CT molecular complexity index is 1460. The maximum absolute atomic E-state index is 13.9. The molecule has 3 aromatic carbocycles. The second-order valence-electron chi connectivity index (χ2n) is 10.6. The van der Waals surface area contributed by atoms with Gasteiger partial charge in [-0.3, -0.25) is 9.59 Å². The number of urea groups is 1. The molecule has 8 nitrogen and oxygen atoms in total. The van der Waals surface area contributed by atoms with Gasteiger partial charge in [0.15, 0.2) is 0 Å². The topological polar surface area (TPSA) is 85.0 Å². The van der Waals surface area contributed by atoms with Gasteiger partial charge in [0.05, 0.1) is 12.2 Å². The number of benzene rings is 3. The Labute approximate surface area is 252 Å². The van der Waals surface area contributed by atoms with E-state index in [9.17, 15) is 27.6 Å². The molecule has 4 amide bonds. The standard InChI is InChI=1S/C31H32F3N5O3S/c1-43-26-12-10-24(11-13-26)36-29(42)37-16-14-30(15-17-37)28(41)38(21-39(30)25-8-3-2-4-9-25)20-27(40)35-19-22-6-5-7-23(18-22)31(32,33)34/h2-13,18H,14-17,19-21H2,1H3,(H,35,40)(H,36,42). The summed E-state index contributed by atoms with van der Waals surface area (Å²) in [6.07, 6.45) is -1.74. The first kappa shape index (κ1) is 30.3. The SMILES string of the molecule is CSc1ccc(NC(=O)N2CCC3(CC2)C(=O)N(CC(=O)NCc2cccc(C(F)(F)F)c2)CN3c2ccccc2)cc1. The Hall–Kier alpha value is -4.19. The van der Waals surface area contributed by atoms with Crippen molar-refractivity contribution in [1.29, 1.82) is 0 Å². The van der Waals surface area contributed by atoms with Gasteiger partial charge in [-0.2, -0.15) is 13.2 Å². The van der Waals surface area contributed by atoms with Crippen molar-refractivity contribution in [1.82, 2.24) is 15.1 Å². The lowest BCUT2D eigenvalue weighted by Gasteiger charge is -2.43. The molecular weight excluding hydrogens is 579 g/mol. The molecule has 43 heavy (non-hydrogen) atoms. The van der Waals surface area contributed by atoms with Crippen molar-refractivity contribution in [3.8, 4) is 0 Å². The molecule has 0 bridgehead atoms. The normalized spacial score (nSPS) is 16.5. The van der Waals surface area contributed by atoms with Gasteiger partial charge in [0, 0.05) is 35.9 Å². The second-order valence-corrected chi connectivity index (χ2v) is 11.4. The van der Waals surface area contributed by atoms with Crippen molar-refractivity contribution >= 4 is 41.0 Å². The Morgan fingerprint density at radius 3 is 2.30 bits per heavy atom. The summed E-state index contributed by atoms with van der Waals surface area (Å²) in [6.45, 7) is 0.536. The van der Waals surface area contributed by atoms with Crippen LogP contribution in [0.5, 0.6) is 0 Å². The first-order chi connectivity index (χ1) is 20.6. The molecule has 0 radical (unpaired) electrons. The van der Waals surface area contributed by atoms with Crippen molar-refractivity contribution in [2.45, 2.75) is 36.0 Å². The summed E-state index contributed by atoms with van der Waals surface area (Å²) in [6, 6.07) is 21.6. The largest absolute Gasteiger partial charge is 0.416 e. The summed E-state index contributed by atoms with van der Waals surface area (Å²) < 4.78 is 39.2. The van der Waals surface area contributed by atoms with E-state index in [1.165, 1.54) is 17.0 Å². The molecule has 5 rings (SSSR count). The van der Waals surface area contributed by atoms with Gasteiger partial charge < -0.3 is 25.3 Å². The van der Waals surface area contributed by atoms with Crippen LogP contribution >= 0.6 is 11.8 Å². The van der Waals surface area contributed by atoms with Gasteiger partial charge in [-0.25, -0.2) is 4.79 Å². The van der Waals surface area contributed by atoms with E-state index < -0.39 is 23.2 Å². The van der Waals surface area contributed by atoms with Crippen LogP contribution in [0.15, 0.2) is 83.8 Å². The predicted molar refractivity (Wildman–Crippen MR) is 160 cm³/mol. The van der Waals surface area contributed by atoms with E-state index in [4.69, 9.17) is 0 Å². The third-order valence-electron chi connectivity index (χ3n) is 7.88. The average molecular weight is 612 g/mol. The summed E-state index contributed by atoms with van der Waals surface area (Å²) in [4.78, 5) is 46.0. The molecule has 2 fully saturated rings. The molecule has 1 spiro atoms. The molecule has 2 aliphatic heterocycles. The van der Waals surface area contributed by atoms with Crippen molar-refractivity contribution < 1.29 is 27.6 Å². The number of anilines is 2. The van der Waals surface area contributed by atoms with Crippen LogP contribution in [0.1, 0.15) is 24.0 Å². The van der Waals surface area contributed by atoms with E-state index in [2.05, 4.69) is 10.6 Å². The lowest BCUT2D eigenvalue weighted by molar-refractivity contribution is -0.138. The van der Waals surface area contributed by atoms with Crippen molar-refractivity contribution in [2.24, 2.45) is 0 Å². The lowest BCUT2D eigenvalue weighted by Crippen LogP contribution is -2.58. The quantitative estimate of drug-likeness (QED) is 0.349. The number of rotatable bonds is 7. The molecule has 0 aromatic heterocycles. The molecule has 226 valence electrons. The van der Waals surface area contributed by atoms with Gasteiger partial charge in [0.2, 0.25) is 5.91 Å². The second kappa shape index (κ2) is 12.6. The highest BCUT2D eigenvalue weighted by Gasteiger charge is 2.54. The van der Waals surface area contributed by atoms with Crippen LogP contribution in [-0.4, -0.2) is 65.7 Å². The number of alkyl halides is 3. The first-order valence-corrected chi connectivity index (χ1v) is 15.1. The minimum absolute atomic E-state index is 0.0948. The Balaban J connectivity index is 1.25. The average Bonchev–Trinajstić information content (AvgIpc) is 3.27. The van der Waals surface area contributed by atoms with Gasteiger partial charge in [-0.1, -0.05) is 30.3 Å². The fraction of sp³-hybridized carbons (Fsp3) is 0.323. The smallest absolute Gasteiger partial charge is 0.350 e. The number of carbonyl (C=O) groups is 3. The molecule has 3 aromatic rings. The van der Waals surface area contributed by atoms with E-state index in [0.29, 0.717) is 37.2 Å². The summed E-state index contributed by atoms with van der Waals surface area (Å²) in [5, 5.41) is 5.57. The van der Waals surface area contributed by atoms with E-state index >= 15 is 0 Å². The van der Waals surface area contributed by atoms with Crippen LogP contribution in [-0.2, 0) is 22.3 Å². The number of nitrogens with one attached hydrogen (secondary N) is 2. The first-order valence-electron chi connectivity index (χ1n) is 13.8. The molecule has 2 heterocycles. The zero-order chi connectivity index (χ0) is 30.6. The zero-order valence-electron chi connectivity index (χ0n) is 23.6. The van der Waals surface area contributed by atoms with Crippen molar-refractivity contribution in [2.75, 3.05) is 42.8 Å². The number of piperidine rings is 1. The third kappa shape index (κ3) is 6.74. The molecule has 12 heteroatoms. The van der Waals surface area contributed by atoms with E-state index in [0.717, 1.165) is 22.7 Å². The van der Waals surface area contributed by atoms with Crippen LogP contribution in [0.2, 0.25) is 0 Å². The Morgan fingerprint density at radius 2 is 1.65 bits per heavy atom. The molecule has 0 atom stereocenters. The number of thioether (sulfide) groups is 1. The van der Waals surface area contributed by atoms with Gasteiger partial charge in [-0.05, 0) is 73.2 Å². The number of nitrogens with zero attached hydrogens (tertiary/aromatic N) is 3. The van der Waals surface area contributed by atoms with Crippen LogP contribution in [0.3, 0.4) is 0 Å². The molecule has 2 aliphatic rings. The van der Waals surface area contributed by atoms with Gasteiger partial charge in [0.25, 0.3) is 5.91 Å². The number of para-hydroxylation sites is 1. The van der Waals surface area contributed by atoms with Crippen LogP contribution in [0.25, 0.3) is 0 Å². The Kier molecular flexibility index (Phi) is 8.86. The van der Waals surface area contributed by atoms with Gasteiger partial charge in [0.1, 0.15) is 12.1 Å². The predicted octanol–water partition coefficient (Wildman–Crippen LogP) is 5.42. The van der Waals surface area contributed by atoms with Gasteiger partial charge >= 0.3 is 12.2 Å². The van der Waals surface area contributed by atoms with Crippen LogP contribution in [0.4, 0.5) is 29.3 Å². The molecule has 2 saturated heterocycles. The van der Waals surface area contributed by atoms with E-state index in [1.54, 1.807) is 16.7 Å². The number of amides is 4. The minimum Gasteiger partial charge on any atom is -0.350 e. The minimum atomic E-state index is -4.48. The van der Waals surface area contributed by atoms with Crippen molar-refractivity contribution in [3.63, 3.8) is 0 Å². The highest BCUT2D eigenvalue weighted by molar-refractivity contribution is 7.98. The highest BCUT2D eigenvalue weighted by Crippen LogP contribution is 2.39. The third-order valence-corrected chi connectivity index (χ3v) is 8.62. The molecule has 2 N–H and O–H groups in total. The Morgan fingerprint density at radius 1 is 0.953 bits per heavy atom. The molecule has 0 aliphatic carbocycles. The zero-order valence-corrected chi connectivity index (χ0v) is 24.4. The van der Waals surface area contributed by atoms with Gasteiger partial charge in [-0.15, -0.1) is 11.8 Å². The fourth-order valence-electron chi connectivity index (χ4n) is 5.57. The number of hydrogen-bond donors (Lipinski definition) is 2. The van der Waals surface area contributed by atoms with E-state index in [-0.39, 0.29) is 31.7 Å². The number of carbonyl (C=O) groups excluding carboxylic acids is 3. The maximum atomic E-state index is 13.9. The monoisotopic (exact) mass is 611 g/mol. The summed E-state index contributed by atoms with van der Waals surface area (Å²) in [5.74, 6) is -0.682. The van der Waals surface area contributed by atoms with Crippen molar-refractivity contribution in [3.05, 3.63) is 90.0 Å². The van der Waals surface area contributed by atoms with Crippen LogP contribution in [0, 0.1) is 0 Å². The highest BCUT2D eigenvalue weighted by atomic mass is 32.2. The number of hydrogen-bond acceptors (Lipinski definition) is 5. The molecule has 0 saturated carbocycles. The maximum Gasteiger partial charge on any atom is 0.416 e. The fourth-order valence-corrected chi connectivity index (χ4v) is 5.97. The summed E-state index contributed by atoms with van der Waals surface area (Å²) >= 11 is 1.61. The van der Waals surface area contributed by atoms with E-state index in [1.807, 2.05) is 65.8 Å². The molecular formula is C31H32F3N5O3S. The molecule has 0 unspecified atom stereocenters. The number of halogens is 3. The number of likely N-dealkylation sites (tertiary alicyclic amines) is 1. The lowest BCUT2D eigenvalue weighted by atomic mass is 9.85. The van der Waals surface area contributed by atoms with Crippen LogP contribution < -0.4 is 15.5 Å².